The van der Waals surface area contributed by atoms with E-state index in [0.29, 0.717) is 16.1 Å². The van der Waals surface area contributed by atoms with Gasteiger partial charge in [-0.05, 0) is 42.7 Å². The lowest BCUT2D eigenvalue weighted by Gasteiger charge is -2.06. The van der Waals surface area contributed by atoms with Gasteiger partial charge in [-0.3, -0.25) is 4.79 Å². The summed E-state index contributed by atoms with van der Waals surface area (Å²) in [5.41, 5.74) is 2.71. The SMILES string of the molecule is Cc1ccc(CC(=O)c2ccc(C)c(F)c2)c(Cl)c1. The van der Waals surface area contributed by atoms with Crippen molar-refractivity contribution in [3.63, 3.8) is 0 Å². The normalized spacial score (nSPS) is 10.5. The van der Waals surface area contributed by atoms with E-state index in [0.717, 1.165) is 11.1 Å². The van der Waals surface area contributed by atoms with Crippen LogP contribution < -0.4 is 0 Å². The zero-order valence-electron chi connectivity index (χ0n) is 10.8. The Labute approximate surface area is 117 Å². The lowest BCUT2D eigenvalue weighted by atomic mass is 10.0. The number of hydrogen-bond donors (Lipinski definition) is 0. The molecule has 0 atom stereocenters. The quantitative estimate of drug-likeness (QED) is 0.753. The van der Waals surface area contributed by atoms with Gasteiger partial charge in [0.15, 0.2) is 5.78 Å². The van der Waals surface area contributed by atoms with Crippen molar-refractivity contribution in [1.29, 1.82) is 0 Å². The number of benzene rings is 2. The topological polar surface area (TPSA) is 17.1 Å². The van der Waals surface area contributed by atoms with E-state index in [1.54, 1.807) is 19.1 Å². The summed E-state index contributed by atoms with van der Waals surface area (Å²) < 4.78 is 13.4. The van der Waals surface area contributed by atoms with Crippen LogP contribution in [0.5, 0.6) is 0 Å². The first kappa shape index (κ1) is 13.8. The molecule has 19 heavy (non-hydrogen) atoms. The molecule has 0 aliphatic carbocycles. The fourth-order valence-electron chi connectivity index (χ4n) is 1.84. The first-order chi connectivity index (χ1) is 8.97. The molecule has 0 fully saturated rings. The third-order valence-electron chi connectivity index (χ3n) is 3.05. The van der Waals surface area contributed by atoms with Gasteiger partial charge in [0.1, 0.15) is 5.82 Å². The number of carbonyl (C=O) groups excluding carboxylic acids is 1. The first-order valence-corrected chi connectivity index (χ1v) is 6.39. The van der Waals surface area contributed by atoms with E-state index in [2.05, 4.69) is 0 Å². The molecule has 0 amide bonds. The van der Waals surface area contributed by atoms with E-state index in [1.165, 1.54) is 6.07 Å². The van der Waals surface area contributed by atoms with Gasteiger partial charge < -0.3 is 0 Å². The van der Waals surface area contributed by atoms with Crippen LogP contribution in [0.25, 0.3) is 0 Å². The molecule has 0 heterocycles. The summed E-state index contributed by atoms with van der Waals surface area (Å²) in [5.74, 6) is -0.495. The van der Waals surface area contributed by atoms with Crippen molar-refractivity contribution >= 4 is 17.4 Å². The molecule has 0 bridgehead atoms. The monoisotopic (exact) mass is 276 g/mol. The Morgan fingerprint density at radius 3 is 2.53 bits per heavy atom. The highest BCUT2D eigenvalue weighted by Crippen LogP contribution is 2.20. The standard InChI is InChI=1S/C16H14ClFO/c1-10-3-5-12(14(17)7-10)9-16(19)13-6-4-11(2)15(18)8-13/h3-8H,9H2,1-2H3. The van der Waals surface area contributed by atoms with E-state index in [-0.39, 0.29) is 18.0 Å². The highest BCUT2D eigenvalue weighted by molar-refractivity contribution is 6.31. The number of halogens is 2. The number of aryl methyl sites for hydroxylation is 2. The minimum Gasteiger partial charge on any atom is -0.294 e. The molecular formula is C16H14ClFO. The van der Waals surface area contributed by atoms with Crippen LogP contribution in [0.15, 0.2) is 36.4 Å². The lowest BCUT2D eigenvalue weighted by Crippen LogP contribution is -2.05. The molecule has 0 unspecified atom stereocenters. The molecule has 2 aromatic rings. The van der Waals surface area contributed by atoms with Gasteiger partial charge in [0.25, 0.3) is 0 Å². The van der Waals surface area contributed by atoms with E-state index < -0.39 is 0 Å². The van der Waals surface area contributed by atoms with Crippen LogP contribution in [0, 0.1) is 19.7 Å². The Hall–Kier alpha value is -1.67. The highest BCUT2D eigenvalue weighted by Gasteiger charge is 2.11. The maximum Gasteiger partial charge on any atom is 0.167 e. The molecule has 3 heteroatoms. The van der Waals surface area contributed by atoms with Gasteiger partial charge in [-0.1, -0.05) is 35.9 Å². The molecule has 0 aliphatic heterocycles. The average Bonchev–Trinajstić information content (AvgIpc) is 2.36. The maximum atomic E-state index is 13.4. The zero-order chi connectivity index (χ0) is 14.0. The molecule has 1 nitrogen and oxygen atoms in total. The molecule has 0 aliphatic rings. The Morgan fingerprint density at radius 1 is 1.16 bits per heavy atom. The first-order valence-electron chi connectivity index (χ1n) is 6.02. The third kappa shape index (κ3) is 3.21. The second-order valence-electron chi connectivity index (χ2n) is 4.66. The van der Waals surface area contributed by atoms with Gasteiger partial charge in [0.05, 0.1) is 0 Å². The van der Waals surface area contributed by atoms with Crippen molar-refractivity contribution in [1.82, 2.24) is 0 Å². The van der Waals surface area contributed by atoms with Gasteiger partial charge in [-0.15, -0.1) is 0 Å². The molecule has 2 aromatic carbocycles. The minimum atomic E-state index is -0.360. The molecule has 0 N–H and O–H groups in total. The molecule has 98 valence electrons. The Kier molecular flexibility index (Phi) is 4.01. The van der Waals surface area contributed by atoms with Crippen LogP contribution in [0.4, 0.5) is 4.39 Å². The smallest absolute Gasteiger partial charge is 0.167 e. The van der Waals surface area contributed by atoms with Crippen molar-refractivity contribution in [3.8, 4) is 0 Å². The summed E-state index contributed by atoms with van der Waals surface area (Å²) >= 11 is 6.09. The van der Waals surface area contributed by atoms with Crippen molar-refractivity contribution in [2.24, 2.45) is 0 Å². The average molecular weight is 277 g/mol. The van der Waals surface area contributed by atoms with Crippen LogP contribution in [0.1, 0.15) is 27.0 Å². The second-order valence-corrected chi connectivity index (χ2v) is 5.07. The molecule has 0 saturated heterocycles. The molecule has 0 spiro atoms. The Balaban J connectivity index is 2.23. The molecule has 2 rings (SSSR count). The lowest BCUT2D eigenvalue weighted by molar-refractivity contribution is 0.0992. The molecular weight excluding hydrogens is 263 g/mol. The van der Waals surface area contributed by atoms with Gasteiger partial charge in [-0.25, -0.2) is 4.39 Å². The number of ketones is 1. The van der Waals surface area contributed by atoms with Crippen LogP contribution in [0.2, 0.25) is 5.02 Å². The number of carbonyl (C=O) groups is 1. The third-order valence-corrected chi connectivity index (χ3v) is 3.41. The number of rotatable bonds is 3. The molecule has 0 saturated carbocycles. The van der Waals surface area contributed by atoms with Crippen molar-refractivity contribution in [2.45, 2.75) is 20.3 Å². The predicted molar refractivity (Wildman–Crippen MR) is 75.4 cm³/mol. The maximum absolute atomic E-state index is 13.4. The van der Waals surface area contributed by atoms with Crippen LogP contribution >= 0.6 is 11.6 Å². The Bertz CT molecular complexity index is 635. The van der Waals surface area contributed by atoms with Gasteiger partial charge in [0, 0.05) is 17.0 Å². The fraction of sp³-hybridized carbons (Fsp3) is 0.188. The van der Waals surface area contributed by atoms with Gasteiger partial charge >= 0.3 is 0 Å². The van der Waals surface area contributed by atoms with Gasteiger partial charge in [-0.2, -0.15) is 0 Å². The van der Waals surface area contributed by atoms with Crippen molar-refractivity contribution in [3.05, 3.63) is 69.5 Å². The van der Waals surface area contributed by atoms with E-state index in [1.807, 2.05) is 25.1 Å². The highest BCUT2D eigenvalue weighted by atomic mass is 35.5. The summed E-state index contributed by atoms with van der Waals surface area (Å²) in [6.07, 6.45) is 0.182. The molecule has 0 aromatic heterocycles. The van der Waals surface area contributed by atoms with E-state index in [9.17, 15) is 9.18 Å². The van der Waals surface area contributed by atoms with Crippen LogP contribution in [-0.4, -0.2) is 5.78 Å². The van der Waals surface area contributed by atoms with Gasteiger partial charge in [0.2, 0.25) is 0 Å². The van der Waals surface area contributed by atoms with E-state index >= 15 is 0 Å². The second kappa shape index (κ2) is 5.54. The number of Topliss-reactive ketones (excluding diaryl/α,β-unsaturated/α-hetero) is 1. The summed E-state index contributed by atoms with van der Waals surface area (Å²) in [5, 5.41) is 0.570. The summed E-state index contributed by atoms with van der Waals surface area (Å²) in [4.78, 5) is 12.1. The summed E-state index contributed by atoms with van der Waals surface area (Å²) in [7, 11) is 0. The molecule has 0 radical (unpaired) electrons. The zero-order valence-corrected chi connectivity index (χ0v) is 11.6. The largest absolute Gasteiger partial charge is 0.294 e. The van der Waals surface area contributed by atoms with Crippen molar-refractivity contribution < 1.29 is 9.18 Å². The predicted octanol–water partition coefficient (Wildman–Crippen LogP) is 4.52. The summed E-state index contributed by atoms with van der Waals surface area (Å²) in [6.45, 7) is 3.60. The van der Waals surface area contributed by atoms with Crippen LogP contribution in [-0.2, 0) is 6.42 Å². The number of hydrogen-bond acceptors (Lipinski definition) is 1. The fourth-order valence-corrected chi connectivity index (χ4v) is 2.14. The summed E-state index contributed by atoms with van der Waals surface area (Å²) in [6, 6.07) is 10.1. The van der Waals surface area contributed by atoms with Crippen LogP contribution in [0.3, 0.4) is 0 Å². The van der Waals surface area contributed by atoms with E-state index in [4.69, 9.17) is 11.6 Å². The Morgan fingerprint density at radius 2 is 1.89 bits per heavy atom. The minimum absolute atomic E-state index is 0.135. The van der Waals surface area contributed by atoms with Crippen molar-refractivity contribution in [2.75, 3.05) is 0 Å².